The van der Waals surface area contributed by atoms with E-state index in [9.17, 15) is 10.4 Å². The molecule has 0 aliphatic carbocycles. The zero-order valence-electron chi connectivity index (χ0n) is 12.2. The molecule has 1 aromatic carbocycles. The van der Waals surface area contributed by atoms with E-state index in [1.54, 1.807) is 12.1 Å². The number of aromatic nitrogens is 1. The fourth-order valence-corrected chi connectivity index (χ4v) is 2.12. The first-order valence-corrected chi connectivity index (χ1v) is 6.55. The molecule has 0 unspecified atom stereocenters. The molecule has 5 heteroatoms. The Kier molecular flexibility index (Phi) is 3.99. The SMILES string of the molecule is COc1ccc(O)cc1-c1cc(C(C)C)nc(N)c1C#N. The summed E-state index contributed by atoms with van der Waals surface area (Å²) >= 11 is 0. The van der Waals surface area contributed by atoms with Gasteiger partial charge >= 0.3 is 0 Å². The van der Waals surface area contributed by atoms with E-state index >= 15 is 0 Å². The van der Waals surface area contributed by atoms with E-state index in [0.717, 1.165) is 5.69 Å². The van der Waals surface area contributed by atoms with Crippen molar-refractivity contribution >= 4 is 5.82 Å². The van der Waals surface area contributed by atoms with Crippen LogP contribution < -0.4 is 10.5 Å². The molecule has 0 bridgehead atoms. The first-order chi connectivity index (χ1) is 9.97. The van der Waals surface area contributed by atoms with Crippen molar-refractivity contribution in [1.29, 1.82) is 5.26 Å². The lowest BCUT2D eigenvalue weighted by molar-refractivity contribution is 0.414. The Labute approximate surface area is 123 Å². The highest BCUT2D eigenvalue weighted by Crippen LogP contribution is 2.37. The zero-order valence-corrected chi connectivity index (χ0v) is 12.2. The molecular weight excluding hydrogens is 266 g/mol. The minimum absolute atomic E-state index is 0.0937. The van der Waals surface area contributed by atoms with Gasteiger partial charge in [-0.2, -0.15) is 5.26 Å². The highest BCUT2D eigenvalue weighted by molar-refractivity contribution is 5.80. The molecule has 0 aliphatic heterocycles. The number of hydrogen-bond acceptors (Lipinski definition) is 5. The third-order valence-corrected chi connectivity index (χ3v) is 3.24. The van der Waals surface area contributed by atoms with Crippen molar-refractivity contribution in [1.82, 2.24) is 4.98 Å². The molecule has 0 aliphatic rings. The van der Waals surface area contributed by atoms with Crippen LogP contribution in [0.1, 0.15) is 31.0 Å². The number of ether oxygens (including phenoxy) is 1. The van der Waals surface area contributed by atoms with Crippen LogP contribution in [-0.2, 0) is 0 Å². The van der Waals surface area contributed by atoms with Crippen LogP contribution in [0.2, 0.25) is 0 Å². The molecule has 1 heterocycles. The van der Waals surface area contributed by atoms with Gasteiger partial charge in [0.1, 0.15) is 28.9 Å². The number of benzene rings is 1. The Morgan fingerprint density at radius 2 is 2.00 bits per heavy atom. The summed E-state index contributed by atoms with van der Waals surface area (Å²) in [6.45, 7) is 3.99. The van der Waals surface area contributed by atoms with Gasteiger partial charge in [0.2, 0.25) is 0 Å². The van der Waals surface area contributed by atoms with Gasteiger partial charge in [0, 0.05) is 16.8 Å². The van der Waals surface area contributed by atoms with Crippen molar-refractivity contribution < 1.29 is 9.84 Å². The maximum absolute atomic E-state index is 9.72. The standard InChI is InChI=1S/C16H17N3O2/c1-9(2)14-7-11(13(8-17)16(18)19-14)12-6-10(20)4-5-15(12)21-3/h4-7,9,20H,1-3H3,(H2,18,19). The average molecular weight is 283 g/mol. The van der Waals surface area contributed by atoms with Crippen molar-refractivity contribution in [2.45, 2.75) is 19.8 Å². The third kappa shape index (κ3) is 2.75. The van der Waals surface area contributed by atoms with Crippen LogP contribution in [0.5, 0.6) is 11.5 Å². The van der Waals surface area contributed by atoms with Crippen LogP contribution >= 0.6 is 0 Å². The molecule has 5 nitrogen and oxygen atoms in total. The van der Waals surface area contributed by atoms with Gasteiger partial charge in [0.15, 0.2) is 0 Å². The lowest BCUT2D eigenvalue weighted by atomic mass is 9.96. The first kappa shape index (κ1) is 14.7. The number of nitrogens with two attached hydrogens (primary N) is 1. The second-order valence-corrected chi connectivity index (χ2v) is 5.01. The molecule has 0 fully saturated rings. The summed E-state index contributed by atoms with van der Waals surface area (Å²) in [7, 11) is 1.54. The number of hydrogen-bond donors (Lipinski definition) is 2. The van der Waals surface area contributed by atoms with Crippen molar-refractivity contribution in [3.63, 3.8) is 0 Å². The van der Waals surface area contributed by atoms with Crippen molar-refractivity contribution in [2.75, 3.05) is 12.8 Å². The van der Waals surface area contributed by atoms with Crippen LogP contribution in [0, 0.1) is 11.3 Å². The number of rotatable bonds is 3. The number of pyridine rings is 1. The van der Waals surface area contributed by atoms with Crippen LogP contribution in [0.15, 0.2) is 24.3 Å². The molecule has 21 heavy (non-hydrogen) atoms. The molecule has 3 N–H and O–H groups in total. The zero-order chi connectivity index (χ0) is 15.6. The molecule has 0 amide bonds. The van der Waals surface area contributed by atoms with Crippen LogP contribution in [0.3, 0.4) is 0 Å². The Hall–Kier alpha value is -2.74. The van der Waals surface area contributed by atoms with Gasteiger partial charge in [-0.15, -0.1) is 0 Å². The summed E-state index contributed by atoms with van der Waals surface area (Å²) in [6.07, 6.45) is 0. The monoisotopic (exact) mass is 283 g/mol. The van der Waals surface area contributed by atoms with Crippen LogP contribution in [0.4, 0.5) is 5.82 Å². The number of nitrogen functional groups attached to an aromatic ring is 1. The van der Waals surface area contributed by atoms with E-state index in [1.165, 1.54) is 13.2 Å². The summed E-state index contributed by atoms with van der Waals surface area (Å²) in [5.74, 6) is 1.01. The van der Waals surface area contributed by atoms with Crippen molar-refractivity contribution in [3.8, 4) is 28.7 Å². The van der Waals surface area contributed by atoms with E-state index in [4.69, 9.17) is 10.5 Å². The van der Waals surface area contributed by atoms with Crippen LogP contribution in [0.25, 0.3) is 11.1 Å². The molecule has 0 spiro atoms. The van der Waals surface area contributed by atoms with E-state index in [0.29, 0.717) is 16.9 Å². The predicted molar refractivity (Wildman–Crippen MR) is 81.1 cm³/mol. The molecule has 0 radical (unpaired) electrons. The van der Waals surface area contributed by atoms with Crippen LogP contribution in [-0.4, -0.2) is 17.2 Å². The van der Waals surface area contributed by atoms with Gasteiger partial charge in [-0.1, -0.05) is 13.8 Å². The van der Waals surface area contributed by atoms with Gasteiger partial charge in [0.05, 0.1) is 7.11 Å². The molecule has 108 valence electrons. The van der Waals surface area contributed by atoms with Gasteiger partial charge < -0.3 is 15.6 Å². The lowest BCUT2D eigenvalue weighted by Gasteiger charge is -2.14. The molecular formula is C16H17N3O2. The molecule has 0 atom stereocenters. The van der Waals surface area contributed by atoms with Gasteiger partial charge in [-0.25, -0.2) is 4.98 Å². The normalized spacial score (nSPS) is 10.4. The van der Waals surface area contributed by atoms with Gasteiger partial charge in [0.25, 0.3) is 0 Å². The van der Waals surface area contributed by atoms with Crippen molar-refractivity contribution in [3.05, 3.63) is 35.5 Å². The average Bonchev–Trinajstić information content (AvgIpc) is 2.46. The summed E-state index contributed by atoms with van der Waals surface area (Å²) in [6, 6.07) is 8.63. The molecule has 1 aromatic heterocycles. The van der Waals surface area contributed by atoms with Gasteiger partial charge in [-0.3, -0.25) is 0 Å². The Morgan fingerprint density at radius 3 is 2.57 bits per heavy atom. The minimum Gasteiger partial charge on any atom is -0.508 e. The lowest BCUT2D eigenvalue weighted by Crippen LogP contribution is -2.03. The van der Waals surface area contributed by atoms with Crippen molar-refractivity contribution in [2.24, 2.45) is 0 Å². The highest BCUT2D eigenvalue weighted by Gasteiger charge is 2.17. The fourth-order valence-electron chi connectivity index (χ4n) is 2.12. The number of aromatic hydroxyl groups is 1. The summed E-state index contributed by atoms with van der Waals surface area (Å²) in [5, 5.41) is 19.1. The number of phenolic OH excluding ortho intramolecular Hbond substituents is 1. The van der Waals surface area contributed by atoms with Gasteiger partial charge in [-0.05, 0) is 30.2 Å². The minimum atomic E-state index is 0.0937. The summed E-state index contributed by atoms with van der Waals surface area (Å²) in [5.41, 5.74) is 8.19. The number of anilines is 1. The molecule has 2 aromatic rings. The molecule has 0 saturated carbocycles. The predicted octanol–water partition coefficient (Wildman–Crippen LogP) is 3.04. The van der Waals surface area contributed by atoms with E-state index < -0.39 is 0 Å². The second kappa shape index (κ2) is 5.71. The Morgan fingerprint density at radius 1 is 1.29 bits per heavy atom. The maximum atomic E-state index is 9.72. The smallest absolute Gasteiger partial charge is 0.142 e. The summed E-state index contributed by atoms with van der Waals surface area (Å²) < 4.78 is 5.31. The third-order valence-electron chi connectivity index (χ3n) is 3.24. The highest BCUT2D eigenvalue weighted by atomic mass is 16.5. The number of nitriles is 1. The quantitative estimate of drug-likeness (QED) is 0.903. The number of nitrogens with zero attached hydrogens (tertiary/aromatic N) is 2. The fraction of sp³-hybridized carbons (Fsp3) is 0.250. The summed E-state index contributed by atoms with van der Waals surface area (Å²) in [4.78, 5) is 4.26. The Bertz CT molecular complexity index is 718. The van der Waals surface area contributed by atoms with E-state index in [1.807, 2.05) is 19.9 Å². The number of phenols is 1. The topological polar surface area (TPSA) is 92.2 Å². The van der Waals surface area contributed by atoms with E-state index in [-0.39, 0.29) is 23.0 Å². The molecule has 0 saturated heterocycles. The van der Waals surface area contributed by atoms with E-state index in [2.05, 4.69) is 11.1 Å². The molecule has 2 rings (SSSR count). The largest absolute Gasteiger partial charge is 0.508 e. The maximum Gasteiger partial charge on any atom is 0.142 e. The second-order valence-electron chi connectivity index (χ2n) is 5.01. The number of methoxy groups -OCH3 is 1. The Balaban J connectivity index is 2.79. The first-order valence-electron chi connectivity index (χ1n) is 6.55.